The van der Waals surface area contributed by atoms with E-state index in [-0.39, 0.29) is 31.3 Å². The van der Waals surface area contributed by atoms with Crippen LogP contribution in [0.4, 0.5) is 9.59 Å². The van der Waals surface area contributed by atoms with Crippen LogP contribution >= 0.6 is 0 Å². The van der Waals surface area contributed by atoms with Gasteiger partial charge in [-0.15, -0.1) is 0 Å². The van der Waals surface area contributed by atoms with Crippen LogP contribution in [0.15, 0.2) is 120 Å². The van der Waals surface area contributed by atoms with Crippen molar-refractivity contribution < 1.29 is 33.8 Å². The van der Waals surface area contributed by atoms with Crippen molar-refractivity contribution in [2.45, 2.75) is 51.5 Å². The van der Waals surface area contributed by atoms with E-state index in [1.165, 1.54) is 12.1 Å². The molecule has 0 radical (unpaired) electrons. The number of guanidine groups is 1. The molecule has 0 aliphatic rings. The van der Waals surface area contributed by atoms with Gasteiger partial charge in [-0.25, -0.2) is 14.6 Å². The van der Waals surface area contributed by atoms with Crippen LogP contribution < -0.4 is 21.3 Å². The molecule has 0 fully saturated rings. The summed E-state index contributed by atoms with van der Waals surface area (Å²) in [6.45, 7) is 1.84. The summed E-state index contributed by atoms with van der Waals surface area (Å²) < 4.78 is 10.6. The minimum atomic E-state index is -1.24. The van der Waals surface area contributed by atoms with E-state index in [0.29, 0.717) is 18.5 Å². The van der Waals surface area contributed by atoms with Crippen LogP contribution in [0.1, 0.15) is 35.6 Å². The smallest absolute Gasteiger partial charge is 0.414 e. The molecule has 5 N–H and O–H groups in total. The van der Waals surface area contributed by atoms with Gasteiger partial charge in [0.25, 0.3) is 0 Å². The van der Waals surface area contributed by atoms with Gasteiger partial charge in [-0.2, -0.15) is 0 Å². The summed E-state index contributed by atoms with van der Waals surface area (Å²) in [5.41, 5.74) is 3.23. The van der Waals surface area contributed by atoms with E-state index in [4.69, 9.17) is 9.47 Å². The van der Waals surface area contributed by atoms with E-state index < -0.39 is 36.1 Å². The van der Waals surface area contributed by atoms with E-state index >= 15 is 0 Å². The number of carbonyl (C=O) groups is 4. The standard InChI is InChI=1S/C38H41N5O7/c1-27(34(45)39-23-11-18-28-12-5-2-6-13-28)40-35(46)33(24-29-19-21-32(44)22-20-29)41-36(42-37(47)49-25-30-14-7-3-8-15-30)43-38(48)50-26-31-16-9-4-10-17-31/h2-10,12-17,19-22,27,33,44H,11,18,23-26H2,1H3,(H,39,45)(H,40,46)(H2,41,42,43,47,48)/t27-,33+/m1/s1. The number of amides is 4. The average Bonchev–Trinajstić information content (AvgIpc) is 3.13. The van der Waals surface area contributed by atoms with Crippen LogP contribution in [0.3, 0.4) is 0 Å². The fraction of sp³-hybridized carbons (Fsp3) is 0.237. The normalized spacial score (nSPS) is 11.6. The first-order valence-corrected chi connectivity index (χ1v) is 16.2. The SMILES string of the molecule is C[C@@H](NC(=O)[C@H](Cc1ccc(O)cc1)N=C(NC(=O)OCc1ccccc1)NC(=O)OCc1ccccc1)C(=O)NCCCc1ccccc1. The number of ether oxygens (including phenoxy) is 2. The molecule has 260 valence electrons. The van der Waals surface area contributed by atoms with Crippen molar-refractivity contribution >= 4 is 30.0 Å². The molecule has 0 saturated carbocycles. The quantitative estimate of drug-likeness (QED) is 0.0727. The zero-order valence-corrected chi connectivity index (χ0v) is 27.7. The van der Waals surface area contributed by atoms with Gasteiger partial charge in [0.1, 0.15) is 31.0 Å². The molecule has 0 bridgehead atoms. The lowest BCUT2D eigenvalue weighted by atomic mass is 10.1. The summed E-state index contributed by atoms with van der Waals surface area (Å²) in [6.07, 6.45) is -0.393. The molecule has 4 aromatic carbocycles. The third-order valence-electron chi connectivity index (χ3n) is 7.36. The second-order valence-electron chi connectivity index (χ2n) is 11.3. The monoisotopic (exact) mass is 679 g/mol. The van der Waals surface area contributed by atoms with Gasteiger partial charge < -0.3 is 25.2 Å². The first-order valence-electron chi connectivity index (χ1n) is 16.2. The van der Waals surface area contributed by atoms with Crippen LogP contribution in [0, 0.1) is 0 Å². The maximum atomic E-state index is 13.6. The van der Waals surface area contributed by atoms with Crippen molar-refractivity contribution in [2.75, 3.05) is 6.54 Å². The van der Waals surface area contributed by atoms with Gasteiger partial charge >= 0.3 is 12.2 Å². The van der Waals surface area contributed by atoms with Gasteiger partial charge in [-0.05, 0) is 54.2 Å². The van der Waals surface area contributed by atoms with Crippen LogP contribution in [0.25, 0.3) is 0 Å². The summed E-state index contributed by atoms with van der Waals surface area (Å²) >= 11 is 0. The van der Waals surface area contributed by atoms with Crippen LogP contribution in [-0.4, -0.2) is 53.7 Å². The molecule has 4 amide bonds. The molecule has 0 unspecified atom stereocenters. The number of aromatic hydroxyl groups is 1. The summed E-state index contributed by atoms with van der Waals surface area (Å²) in [7, 11) is 0. The van der Waals surface area contributed by atoms with E-state index in [9.17, 15) is 24.3 Å². The fourth-order valence-corrected chi connectivity index (χ4v) is 4.69. The van der Waals surface area contributed by atoms with E-state index in [2.05, 4.69) is 26.3 Å². The maximum absolute atomic E-state index is 13.6. The van der Waals surface area contributed by atoms with Crippen molar-refractivity contribution in [2.24, 2.45) is 4.99 Å². The van der Waals surface area contributed by atoms with E-state index in [1.54, 1.807) is 67.6 Å². The number of phenolic OH excluding ortho intramolecular Hbond substituents is 1. The zero-order chi connectivity index (χ0) is 35.6. The molecule has 50 heavy (non-hydrogen) atoms. The van der Waals surface area contributed by atoms with Gasteiger partial charge in [0.05, 0.1) is 0 Å². The molecule has 0 aromatic heterocycles. The van der Waals surface area contributed by atoms with Crippen molar-refractivity contribution in [3.05, 3.63) is 138 Å². The van der Waals surface area contributed by atoms with Crippen LogP contribution in [0.2, 0.25) is 0 Å². The number of aryl methyl sites for hydroxylation is 1. The molecule has 0 heterocycles. The highest BCUT2D eigenvalue weighted by Gasteiger charge is 2.25. The van der Waals surface area contributed by atoms with Crippen LogP contribution in [0.5, 0.6) is 5.75 Å². The highest BCUT2D eigenvalue weighted by molar-refractivity contribution is 6.02. The summed E-state index contributed by atoms with van der Waals surface area (Å²) in [4.78, 5) is 56.6. The Bertz CT molecular complexity index is 1640. The van der Waals surface area contributed by atoms with E-state index in [0.717, 1.165) is 23.1 Å². The molecule has 12 heteroatoms. The average molecular weight is 680 g/mol. The Hall–Kier alpha value is -6.17. The molecule has 12 nitrogen and oxygen atoms in total. The minimum Gasteiger partial charge on any atom is -0.508 e. The Kier molecular flexibility index (Phi) is 14.4. The summed E-state index contributed by atoms with van der Waals surface area (Å²) in [5, 5.41) is 20.1. The molecule has 2 atom stereocenters. The third kappa shape index (κ3) is 13.1. The predicted molar refractivity (Wildman–Crippen MR) is 188 cm³/mol. The van der Waals surface area contributed by atoms with E-state index in [1.807, 2.05) is 42.5 Å². The highest BCUT2D eigenvalue weighted by atomic mass is 16.6. The summed E-state index contributed by atoms with van der Waals surface area (Å²) in [6, 6.07) is 31.8. The lowest BCUT2D eigenvalue weighted by Crippen LogP contribution is -2.50. The van der Waals surface area contributed by atoms with Crippen molar-refractivity contribution in [3.63, 3.8) is 0 Å². The number of phenols is 1. The Morgan fingerprint density at radius 2 is 1.16 bits per heavy atom. The number of aliphatic imine (C=N–C) groups is 1. The predicted octanol–water partition coefficient (Wildman–Crippen LogP) is 4.77. The Morgan fingerprint density at radius 3 is 1.68 bits per heavy atom. The van der Waals surface area contributed by atoms with Crippen molar-refractivity contribution in [1.82, 2.24) is 21.3 Å². The van der Waals surface area contributed by atoms with Gasteiger partial charge in [-0.3, -0.25) is 20.2 Å². The Labute approximate surface area is 290 Å². The number of nitrogens with zero attached hydrogens (tertiary/aromatic N) is 1. The third-order valence-corrected chi connectivity index (χ3v) is 7.36. The van der Waals surface area contributed by atoms with Crippen molar-refractivity contribution in [3.8, 4) is 5.75 Å². The molecule has 4 aromatic rings. The van der Waals surface area contributed by atoms with Gasteiger partial charge in [0.15, 0.2) is 0 Å². The number of carbonyl (C=O) groups excluding carboxylic acids is 4. The number of rotatable bonds is 14. The number of nitrogens with one attached hydrogen (secondary N) is 4. The highest BCUT2D eigenvalue weighted by Crippen LogP contribution is 2.13. The summed E-state index contributed by atoms with van der Waals surface area (Å²) in [5.74, 6) is -1.41. The van der Waals surface area contributed by atoms with Gasteiger partial charge in [0.2, 0.25) is 17.8 Å². The first-order chi connectivity index (χ1) is 24.2. The zero-order valence-electron chi connectivity index (χ0n) is 27.7. The van der Waals surface area contributed by atoms with Crippen LogP contribution in [-0.2, 0) is 45.1 Å². The molecule has 0 aliphatic carbocycles. The number of hydrogen-bond acceptors (Lipinski definition) is 8. The lowest BCUT2D eigenvalue weighted by molar-refractivity contribution is -0.129. The second-order valence-corrected chi connectivity index (χ2v) is 11.3. The number of hydrogen-bond donors (Lipinski definition) is 5. The second kappa shape index (κ2) is 19.6. The molecular weight excluding hydrogens is 638 g/mol. The molecular formula is C38H41N5O7. The number of benzene rings is 4. The fourth-order valence-electron chi connectivity index (χ4n) is 4.69. The topological polar surface area (TPSA) is 167 Å². The molecule has 0 aliphatic heterocycles. The largest absolute Gasteiger partial charge is 0.508 e. The molecule has 0 saturated heterocycles. The van der Waals surface area contributed by atoms with Gasteiger partial charge in [-0.1, -0.05) is 103 Å². The Balaban J connectivity index is 1.47. The lowest BCUT2D eigenvalue weighted by Gasteiger charge is -2.19. The minimum absolute atomic E-state index is 0.0114. The van der Waals surface area contributed by atoms with Gasteiger partial charge in [0, 0.05) is 13.0 Å². The molecule has 4 rings (SSSR count). The first kappa shape index (κ1) is 36.7. The molecule has 0 spiro atoms. The Morgan fingerprint density at radius 1 is 0.660 bits per heavy atom. The maximum Gasteiger partial charge on any atom is 0.414 e. The van der Waals surface area contributed by atoms with Crippen molar-refractivity contribution in [1.29, 1.82) is 0 Å². The number of alkyl carbamates (subject to hydrolysis) is 2.